The van der Waals surface area contributed by atoms with Gasteiger partial charge in [-0.05, 0) is 34.1 Å². The smallest absolute Gasteiger partial charge is 0.319 e. The molecule has 0 N–H and O–H groups in total. The summed E-state index contributed by atoms with van der Waals surface area (Å²) in [6.45, 7) is 9.99. The van der Waals surface area contributed by atoms with E-state index in [0.717, 1.165) is 12.8 Å². The molecule has 19 heavy (non-hydrogen) atoms. The number of hydrogen-bond acceptors (Lipinski definition) is 5. The van der Waals surface area contributed by atoms with Crippen molar-refractivity contribution in [3.63, 3.8) is 0 Å². The number of carbonyl (C=O) groups is 2. The molecule has 1 aliphatic rings. The number of esters is 2. The molecule has 0 bridgehead atoms. The lowest BCUT2D eigenvalue weighted by molar-refractivity contribution is -0.165. The highest BCUT2D eigenvalue weighted by molar-refractivity contribution is 8.00. The van der Waals surface area contributed by atoms with Gasteiger partial charge in [0, 0.05) is 12.2 Å². The lowest BCUT2D eigenvalue weighted by Gasteiger charge is -2.30. The van der Waals surface area contributed by atoms with Crippen LogP contribution in [0.3, 0.4) is 0 Å². The SMILES string of the molecule is CCC(C)(C)C(=O)OC(C)(C)CSC1CCOC1=O. The van der Waals surface area contributed by atoms with E-state index in [9.17, 15) is 9.59 Å². The summed E-state index contributed by atoms with van der Waals surface area (Å²) in [6.07, 6.45) is 1.48. The molecule has 4 nitrogen and oxygen atoms in total. The van der Waals surface area contributed by atoms with E-state index in [1.807, 2.05) is 34.6 Å². The molecule has 0 aromatic heterocycles. The molecule has 1 fully saturated rings. The predicted octanol–water partition coefficient (Wildman–Crippen LogP) is 2.79. The fraction of sp³-hybridized carbons (Fsp3) is 0.857. The van der Waals surface area contributed by atoms with E-state index < -0.39 is 11.0 Å². The summed E-state index contributed by atoms with van der Waals surface area (Å²) < 4.78 is 10.5. The molecule has 1 rings (SSSR count). The van der Waals surface area contributed by atoms with Gasteiger partial charge in [-0.25, -0.2) is 0 Å². The first-order chi connectivity index (χ1) is 8.68. The Labute approximate surface area is 119 Å². The Morgan fingerprint density at radius 2 is 2.05 bits per heavy atom. The second-order valence-electron chi connectivity index (χ2n) is 6.14. The maximum absolute atomic E-state index is 12.0. The Bertz CT molecular complexity index is 349. The first-order valence-corrected chi connectivity index (χ1v) is 7.74. The molecular formula is C14H24O4S. The van der Waals surface area contributed by atoms with Crippen LogP contribution in [0, 0.1) is 5.41 Å². The molecule has 0 aromatic rings. The summed E-state index contributed by atoms with van der Waals surface area (Å²) in [5, 5.41) is -0.114. The molecule has 5 heteroatoms. The molecule has 0 aromatic carbocycles. The number of ether oxygens (including phenoxy) is 2. The van der Waals surface area contributed by atoms with Gasteiger partial charge in [-0.2, -0.15) is 0 Å². The van der Waals surface area contributed by atoms with Crippen molar-refractivity contribution in [3.05, 3.63) is 0 Å². The second kappa shape index (κ2) is 6.16. The van der Waals surface area contributed by atoms with E-state index in [0.29, 0.717) is 12.4 Å². The van der Waals surface area contributed by atoms with E-state index in [4.69, 9.17) is 9.47 Å². The van der Waals surface area contributed by atoms with Gasteiger partial charge in [0.1, 0.15) is 10.9 Å². The molecule has 1 atom stereocenters. The highest BCUT2D eigenvalue weighted by Gasteiger charge is 2.35. The van der Waals surface area contributed by atoms with Crippen molar-refractivity contribution in [1.82, 2.24) is 0 Å². The molecular weight excluding hydrogens is 264 g/mol. The third-order valence-electron chi connectivity index (χ3n) is 3.32. The van der Waals surface area contributed by atoms with Gasteiger partial charge in [-0.15, -0.1) is 11.8 Å². The summed E-state index contributed by atoms with van der Waals surface area (Å²) in [5.74, 6) is 0.258. The zero-order chi connectivity index (χ0) is 14.7. The Morgan fingerprint density at radius 1 is 1.42 bits per heavy atom. The number of rotatable bonds is 6. The molecule has 0 spiro atoms. The van der Waals surface area contributed by atoms with Crippen LogP contribution in [-0.2, 0) is 19.1 Å². The van der Waals surface area contributed by atoms with Gasteiger partial charge in [0.15, 0.2) is 0 Å². The number of cyclic esters (lactones) is 1. The number of thioether (sulfide) groups is 1. The van der Waals surface area contributed by atoms with Crippen molar-refractivity contribution in [2.45, 2.75) is 58.3 Å². The van der Waals surface area contributed by atoms with Crippen LogP contribution in [0.1, 0.15) is 47.5 Å². The van der Waals surface area contributed by atoms with Crippen LogP contribution in [-0.4, -0.2) is 35.1 Å². The standard InChI is InChI=1S/C14H24O4S/c1-6-13(2,3)12(16)18-14(4,5)9-19-10-7-8-17-11(10)15/h10H,6-9H2,1-5H3. The Hall–Kier alpha value is -0.710. The Balaban J connectivity index is 2.47. The van der Waals surface area contributed by atoms with E-state index in [2.05, 4.69) is 0 Å². The Morgan fingerprint density at radius 3 is 2.53 bits per heavy atom. The molecule has 0 aliphatic carbocycles. The van der Waals surface area contributed by atoms with Gasteiger partial charge in [-0.1, -0.05) is 6.92 Å². The predicted molar refractivity (Wildman–Crippen MR) is 76.1 cm³/mol. The number of carbonyl (C=O) groups excluding carboxylic acids is 2. The minimum atomic E-state index is -0.572. The second-order valence-corrected chi connectivity index (χ2v) is 7.33. The van der Waals surface area contributed by atoms with Crippen LogP contribution < -0.4 is 0 Å². The average Bonchev–Trinajstić information content (AvgIpc) is 2.72. The lowest BCUT2D eigenvalue weighted by atomic mass is 9.90. The van der Waals surface area contributed by atoms with Crippen LogP contribution in [0.2, 0.25) is 0 Å². The molecule has 1 aliphatic heterocycles. The zero-order valence-corrected chi connectivity index (χ0v) is 13.3. The third kappa shape index (κ3) is 4.71. The summed E-state index contributed by atoms with van der Waals surface area (Å²) in [4.78, 5) is 23.4. The zero-order valence-electron chi connectivity index (χ0n) is 12.4. The maximum Gasteiger partial charge on any atom is 0.319 e. The summed E-state index contributed by atoms with van der Waals surface area (Å²) in [5.41, 5.74) is -1.04. The molecule has 0 saturated carbocycles. The largest absolute Gasteiger partial charge is 0.465 e. The normalized spacial score (nSPS) is 20.3. The molecule has 1 heterocycles. The molecule has 110 valence electrons. The van der Waals surface area contributed by atoms with Crippen LogP contribution in [0.5, 0.6) is 0 Å². The molecule has 0 amide bonds. The van der Waals surface area contributed by atoms with E-state index in [-0.39, 0.29) is 17.2 Å². The van der Waals surface area contributed by atoms with Crippen molar-refractivity contribution in [2.24, 2.45) is 5.41 Å². The highest BCUT2D eigenvalue weighted by atomic mass is 32.2. The lowest BCUT2D eigenvalue weighted by Crippen LogP contribution is -2.37. The Kier molecular flexibility index (Phi) is 5.30. The van der Waals surface area contributed by atoms with Crippen molar-refractivity contribution >= 4 is 23.7 Å². The molecule has 1 saturated heterocycles. The van der Waals surface area contributed by atoms with E-state index in [1.54, 1.807) is 0 Å². The third-order valence-corrected chi connectivity index (χ3v) is 5.02. The van der Waals surface area contributed by atoms with E-state index in [1.165, 1.54) is 11.8 Å². The first-order valence-electron chi connectivity index (χ1n) is 6.69. The quantitative estimate of drug-likeness (QED) is 0.703. The average molecular weight is 288 g/mol. The fourth-order valence-corrected chi connectivity index (χ4v) is 2.62. The number of hydrogen-bond donors (Lipinski definition) is 0. The van der Waals surface area contributed by atoms with E-state index >= 15 is 0 Å². The summed E-state index contributed by atoms with van der Waals surface area (Å²) >= 11 is 1.51. The van der Waals surface area contributed by atoms with Crippen molar-refractivity contribution in [3.8, 4) is 0 Å². The minimum absolute atomic E-state index is 0.114. The van der Waals surface area contributed by atoms with Gasteiger partial charge in [-0.3, -0.25) is 9.59 Å². The summed E-state index contributed by atoms with van der Waals surface area (Å²) in [6, 6.07) is 0. The minimum Gasteiger partial charge on any atom is -0.465 e. The highest BCUT2D eigenvalue weighted by Crippen LogP contribution is 2.29. The van der Waals surface area contributed by atoms with Crippen molar-refractivity contribution in [1.29, 1.82) is 0 Å². The first kappa shape index (κ1) is 16.3. The monoisotopic (exact) mass is 288 g/mol. The van der Waals surface area contributed by atoms with Crippen molar-refractivity contribution in [2.75, 3.05) is 12.4 Å². The fourth-order valence-electron chi connectivity index (χ4n) is 1.49. The van der Waals surface area contributed by atoms with Crippen LogP contribution in [0.4, 0.5) is 0 Å². The van der Waals surface area contributed by atoms with Crippen molar-refractivity contribution < 1.29 is 19.1 Å². The van der Waals surface area contributed by atoms with Gasteiger partial charge in [0.05, 0.1) is 12.0 Å². The van der Waals surface area contributed by atoms with Crippen LogP contribution >= 0.6 is 11.8 Å². The summed E-state index contributed by atoms with van der Waals surface area (Å²) in [7, 11) is 0. The molecule has 1 unspecified atom stereocenters. The maximum atomic E-state index is 12.0. The van der Waals surface area contributed by atoms with Gasteiger partial charge < -0.3 is 9.47 Å². The molecule has 0 radical (unpaired) electrons. The van der Waals surface area contributed by atoms with Gasteiger partial charge in [0.25, 0.3) is 0 Å². The van der Waals surface area contributed by atoms with Gasteiger partial charge in [0.2, 0.25) is 0 Å². The van der Waals surface area contributed by atoms with Crippen LogP contribution in [0.25, 0.3) is 0 Å². The topological polar surface area (TPSA) is 52.6 Å². The van der Waals surface area contributed by atoms with Crippen LogP contribution in [0.15, 0.2) is 0 Å². The van der Waals surface area contributed by atoms with Gasteiger partial charge >= 0.3 is 11.9 Å².